The molecule has 2 heterocycles. The van der Waals surface area contributed by atoms with Crippen LogP contribution in [0.5, 0.6) is 0 Å². The number of aryl methyl sites for hydroxylation is 2. The van der Waals surface area contributed by atoms with Crippen LogP contribution < -0.4 is 5.32 Å². The van der Waals surface area contributed by atoms with E-state index in [1.54, 1.807) is 24.5 Å². The molecular formula is C17H22N4O2. The lowest BCUT2D eigenvalue weighted by Crippen LogP contribution is -2.36. The molecule has 2 aromatic heterocycles. The highest BCUT2D eigenvalue weighted by atomic mass is 16.3. The Hall–Kier alpha value is -2.37. The van der Waals surface area contributed by atoms with E-state index in [9.17, 15) is 4.79 Å². The zero-order valence-corrected chi connectivity index (χ0v) is 13.6. The third kappa shape index (κ3) is 3.70. The predicted molar refractivity (Wildman–Crippen MR) is 85.8 cm³/mol. The Balaban J connectivity index is 1.59. The van der Waals surface area contributed by atoms with Crippen LogP contribution in [0.3, 0.4) is 0 Å². The van der Waals surface area contributed by atoms with Gasteiger partial charge in [-0.1, -0.05) is 0 Å². The minimum atomic E-state index is -0.148. The summed E-state index contributed by atoms with van der Waals surface area (Å²) in [5.41, 5.74) is 4.46. The van der Waals surface area contributed by atoms with Gasteiger partial charge in [0.15, 0.2) is 0 Å². The van der Waals surface area contributed by atoms with Gasteiger partial charge in [-0.25, -0.2) is 14.8 Å². The van der Waals surface area contributed by atoms with Crippen molar-refractivity contribution in [1.29, 1.82) is 0 Å². The predicted octanol–water partition coefficient (Wildman–Crippen LogP) is 2.60. The number of urea groups is 1. The Bertz CT molecular complexity index is 682. The molecule has 1 aliphatic carbocycles. The number of nitrogens with zero attached hydrogens (tertiary/aromatic N) is 3. The Morgan fingerprint density at radius 2 is 2.17 bits per heavy atom. The molecule has 23 heavy (non-hydrogen) atoms. The van der Waals surface area contributed by atoms with Gasteiger partial charge in [-0.2, -0.15) is 0 Å². The van der Waals surface area contributed by atoms with Crippen molar-refractivity contribution in [3.05, 3.63) is 46.9 Å². The van der Waals surface area contributed by atoms with E-state index < -0.39 is 0 Å². The van der Waals surface area contributed by atoms with E-state index in [0.717, 1.165) is 29.8 Å². The summed E-state index contributed by atoms with van der Waals surface area (Å²) < 4.78 is 5.01. The summed E-state index contributed by atoms with van der Waals surface area (Å²) in [5, 5.41) is 2.88. The van der Waals surface area contributed by atoms with Crippen molar-refractivity contribution < 1.29 is 9.21 Å². The summed E-state index contributed by atoms with van der Waals surface area (Å²) in [6.45, 7) is 2.89. The number of amides is 2. The minimum Gasteiger partial charge on any atom is -0.472 e. The first-order valence-corrected chi connectivity index (χ1v) is 7.99. The smallest absolute Gasteiger partial charge is 0.317 e. The van der Waals surface area contributed by atoms with Crippen LogP contribution in [0, 0.1) is 6.92 Å². The molecule has 0 fully saturated rings. The van der Waals surface area contributed by atoms with Gasteiger partial charge in [0.05, 0.1) is 25.6 Å². The highest BCUT2D eigenvalue weighted by Crippen LogP contribution is 2.21. The molecule has 3 rings (SSSR count). The minimum absolute atomic E-state index is 0.148. The lowest BCUT2D eigenvalue weighted by atomic mass is 9.95. The first-order valence-electron chi connectivity index (χ1n) is 7.99. The Kier molecular flexibility index (Phi) is 4.60. The topological polar surface area (TPSA) is 71.3 Å². The largest absolute Gasteiger partial charge is 0.472 e. The first-order chi connectivity index (χ1) is 11.1. The quantitative estimate of drug-likeness (QED) is 0.941. The van der Waals surface area contributed by atoms with Gasteiger partial charge in [-0.3, -0.25) is 0 Å². The summed E-state index contributed by atoms with van der Waals surface area (Å²) >= 11 is 0. The van der Waals surface area contributed by atoms with Crippen LogP contribution in [0.25, 0.3) is 0 Å². The van der Waals surface area contributed by atoms with Crippen LogP contribution in [-0.2, 0) is 25.9 Å². The average Bonchev–Trinajstić information content (AvgIpc) is 3.05. The fourth-order valence-corrected chi connectivity index (χ4v) is 2.94. The fraction of sp³-hybridized carbons (Fsp3) is 0.471. The number of hydrogen-bond acceptors (Lipinski definition) is 4. The van der Waals surface area contributed by atoms with E-state index in [1.807, 2.05) is 13.0 Å². The highest BCUT2D eigenvalue weighted by Gasteiger charge is 2.16. The second-order valence-electron chi connectivity index (χ2n) is 6.00. The van der Waals surface area contributed by atoms with Crippen molar-refractivity contribution >= 4 is 6.03 Å². The molecule has 2 aromatic rings. The number of fused-ring (bicyclic) bond motifs is 1. The molecule has 2 amide bonds. The zero-order chi connectivity index (χ0) is 16.2. The summed E-state index contributed by atoms with van der Waals surface area (Å²) in [7, 11) is 1.75. The number of nitrogens with one attached hydrogen (secondary N) is 1. The zero-order valence-electron chi connectivity index (χ0n) is 13.6. The molecule has 0 saturated carbocycles. The molecular weight excluding hydrogens is 292 g/mol. The van der Waals surface area contributed by atoms with E-state index in [-0.39, 0.29) is 6.03 Å². The normalized spacial score (nSPS) is 13.5. The number of carbonyl (C=O) groups is 1. The third-order valence-corrected chi connectivity index (χ3v) is 4.18. The Labute approximate surface area is 135 Å². The Morgan fingerprint density at radius 3 is 2.96 bits per heavy atom. The van der Waals surface area contributed by atoms with Gasteiger partial charge in [-0.15, -0.1) is 0 Å². The van der Waals surface area contributed by atoms with Gasteiger partial charge in [0, 0.05) is 24.0 Å². The van der Waals surface area contributed by atoms with Crippen molar-refractivity contribution in [3.8, 4) is 0 Å². The summed E-state index contributed by atoms with van der Waals surface area (Å²) in [6, 6.07) is 1.70. The fourth-order valence-electron chi connectivity index (χ4n) is 2.94. The molecule has 1 N–H and O–H groups in total. The first kappa shape index (κ1) is 15.5. The van der Waals surface area contributed by atoms with Gasteiger partial charge < -0.3 is 14.6 Å². The number of aromatic nitrogens is 2. The molecule has 0 unspecified atom stereocenters. The number of carbonyl (C=O) groups excluding carboxylic acids is 1. The maximum absolute atomic E-state index is 12.1. The Morgan fingerprint density at radius 1 is 1.35 bits per heavy atom. The molecule has 0 spiro atoms. The van der Waals surface area contributed by atoms with Crippen LogP contribution >= 0.6 is 0 Å². The van der Waals surface area contributed by atoms with Crippen LogP contribution in [0.4, 0.5) is 4.79 Å². The standard InChI is InChI=1S/C17H22N4O2/c1-12-14-5-3-4-6-15(14)20-16(19-12)9-18-17(22)21(2)10-13-7-8-23-11-13/h7-8,11H,3-6,9-10H2,1-2H3,(H,18,22). The van der Waals surface area contributed by atoms with Crippen molar-refractivity contribution in [2.24, 2.45) is 0 Å². The van der Waals surface area contributed by atoms with E-state index in [0.29, 0.717) is 18.9 Å². The summed E-state index contributed by atoms with van der Waals surface area (Å²) in [5.74, 6) is 0.688. The van der Waals surface area contributed by atoms with E-state index in [4.69, 9.17) is 4.42 Å². The number of furan rings is 1. The second kappa shape index (κ2) is 6.81. The maximum Gasteiger partial charge on any atom is 0.317 e. The van der Waals surface area contributed by atoms with Gasteiger partial charge >= 0.3 is 6.03 Å². The SMILES string of the molecule is Cc1nc(CNC(=O)N(C)Cc2ccoc2)nc2c1CCCC2. The van der Waals surface area contributed by atoms with Gasteiger partial charge in [0.25, 0.3) is 0 Å². The second-order valence-corrected chi connectivity index (χ2v) is 6.00. The number of rotatable bonds is 4. The monoisotopic (exact) mass is 314 g/mol. The highest BCUT2D eigenvalue weighted by molar-refractivity contribution is 5.73. The molecule has 0 radical (unpaired) electrons. The average molecular weight is 314 g/mol. The van der Waals surface area contributed by atoms with Gasteiger partial charge in [0.1, 0.15) is 5.82 Å². The summed E-state index contributed by atoms with van der Waals surface area (Å²) in [6.07, 6.45) is 7.72. The van der Waals surface area contributed by atoms with Gasteiger partial charge in [-0.05, 0) is 44.2 Å². The van der Waals surface area contributed by atoms with Crippen LogP contribution in [0.2, 0.25) is 0 Å². The van der Waals surface area contributed by atoms with Crippen molar-refractivity contribution in [2.75, 3.05) is 7.05 Å². The van der Waals surface area contributed by atoms with Gasteiger partial charge in [0.2, 0.25) is 0 Å². The third-order valence-electron chi connectivity index (χ3n) is 4.18. The van der Waals surface area contributed by atoms with Crippen LogP contribution in [0.15, 0.2) is 23.0 Å². The number of hydrogen-bond donors (Lipinski definition) is 1. The van der Waals surface area contributed by atoms with E-state index in [1.165, 1.54) is 18.4 Å². The molecule has 0 aliphatic heterocycles. The molecule has 0 aromatic carbocycles. The summed E-state index contributed by atoms with van der Waals surface area (Å²) in [4.78, 5) is 22.9. The van der Waals surface area contributed by atoms with E-state index in [2.05, 4.69) is 15.3 Å². The van der Waals surface area contributed by atoms with Crippen molar-refractivity contribution in [2.45, 2.75) is 45.7 Å². The molecule has 122 valence electrons. The lowest BCUT2D eigenvalue weighted by Gasteiger charge is -2.19. The molecule has 1 aliphatic rings. The molecule has 0 bridgehead atoms. The lowest BCUT2D eigenvalue weighted by molar-refractivity contribution is 0.206. The molecule has 6 heteroatoms. The molecule has 0 atom stereocenters. The van der Waals surface area contributed by atoms with Crippen LogP contribution in [-0.4, -0.2) is 27.9 Å². The van der Waals surface area contributed by atoms with Crippen molar-refractivity contribution in [3.63, 3.8) is 0 Å². The maximum atomic E-state index is 12.1. The van der Waals surface area contributed by atoms with Crippen LogP contribution in [0.1, 0.15) is 41.2 Å². The molecule has 6 nitrogen and oxygen atoms in total. The van der Waals surface area contributed by atoms with E-state index >= 15 is 0 Å². The molecule has 0 saturated heterocycles. The van der Waals surface area contributed by atoms with Crippen molar-refractivity contribution in [1.82, 2.24) is 20.2 Å².